The average Bonchev–Trinajstić information content (AvgIpc) is 2.47. The smallest absolute Gasteiger partial charge is 0.343 e. The molecule has 0 saturated heterocycles. The van der Waals surface area contributed by atoms with Crippen molar-refractivity contribution in [3.63, 3.8) is 0 Å². The van der Waals surface area contributed by atoms with Crippen LogP contribution < -0.4 is 10.1 Å². The molecule has 0 fully saturated rings. The molecular formula is C17H15NO3. The highest BCUT2D eigenvalue weighted by Crippen LogP contribution is 2.27. The fourth-order valence-electron chi connectivity index (χ4n) is 2.36. The van der Waals surface area contributed by atoms with Crippen LogP contribution in [0.5, 0.6) is 5.75 Å². The Hall–Kier alpha value is -2.62. The second kappa shape index (κ2) is 5.40. The molecule has 2 aromatic rings. The van der Waals surface area contributed by atoms with Gasteiger partial charge in [0.2, 0.25) is 5.91 Å². The van der Waals surface area contributed by atoms with Gasteiger partial charge in [-0.2, -0.15) is 0 Å². The van der Waals surface area contributed by atoms with Crippen molar-refractivity contribution >= 4 is 17.6 Å². The maximum absolute atomic E-state index is 12.1. The Morgan fingerprint density at radius 3 is 2.81 bits per heavy atom. The van der Waals surface area contributed by atoms with Gasteiger partial charge in [-0.1, -0.05) is 17.7 Å². The average molecular weight is 281 g/mol. The van der Waals surface area contributed by atoms with Gasteiger partial charge in [0.1, 0.15) is 5.75 Å². The molecule has 0 saturated carbocycles. The van der Waals surface area contributed by atoms with Crippen molar-refractivity contribution in [3.8, 4) is 5.75 Å². The molecule has 0 unspecified atom stereocenters. The van der Waals surface area contributed by atoms with E-state index in [1.165, 1.54) is 0 Å². The lowest BCUT2D eigenvalue weighted by atomic mass is 10.0. The number of anilines is 1. The molecule has 0 radical (unpaired) electrons. The molecule has 4 heteroatoms. The highest BCUT2D eigenvalue weighted by Gasteiger charge is 2.16. The van der Waals surface area contributed by atoms with Crippen LogP contribution in [0.25, 0.3) is 0 Å². The lowest BCUT2D eigenvalue weighted by Crippen LogP contribution is -2.19. The lowest BCUT2D eigenvalue weighted by molar-refractivity contribution is -0.116. The van der Waals surface area contributed by atoms with E-state index in [9.17, 15) is 9.59 Å². The van der Waals surface area contributed by atoms with Gasteiger partial charge in [0, 0.05) is 12.1 Å². The maximum Gasteiger partial charge on any atom is 0.343 e. The summed E-state index contributed by atoms with van der Waals surface area (Å²) >= 11 is 0. The highest BCUT2D eigenvalue weighted by atomic mass is 16.5. The standard InChI is InChI=1S/C17H15NO3/c1-11-3-2-4-13(9-11)17(20)21-14-6-7-15-12(10-14)5-8-16(19)18-15/h2-4,6-7,9-10H,5,8H2,1H3,(H,18,19). The zero-order valence-corrected chi connectivity index (χ0v) is 11.7. The number of rotatable bonds is 2. The van der Waals surface area contributed by atoms with E-state index in [2.05, 4.69) is 5.32 Å². The van der Waals surface area contributed by atoms with Gasteiger partial charge in [-0.3, -0.25) is 4.79 Å². The largest absolute Gasteiger partial charge is 0.423 e. The molecule has 1 aliphatic rings. The van der Waals surface area contributed by atoms with E-state index in [0.29, 0.717) is 24.2 Å². The van der Waals surface area contributed by atoms with Gasteiger partial charge in [-0.25, -0.2) is 4.79 Å². The minimum Gasteiger partial charge on any atom is -0.423 e. The molecule has 21 heavy (non-hydrogen) atoms. The molecule has 1 heterocycles. The minimum absolute atomic E-state index is 0.0204. The fourth-order valence-corrected chi connectivity index (χ4v) is 2.36. The number of benzene rings is 2. The first-order valence-corrected chi connectivity index (χ1v) is 6.83. The van der Waals surface area contributed by atoms with E-state index >= 15 is 0 Å². The number of esters is 1. The molecule has 0 aliphatic carbocycles. The van der Waals surface area contributed by atoms with Gasteiger partial charge in [-0.15, -0.1) is 0 Å². The van der Waals surface area contributed by atoms with E-state index < -0.39 is 0 Å². The lowest BCUT2D eigenvalue weighted by Gasteiger charge is -2.17. The molecule has 3 rings (SSSR count). The molecule has 1 aliphatic heterocycles. The summed E-state index contributed by atoms with van der Waals surface area (Å²) in [6.07, 6.45) is 1.12. The first kappa shape index (κ1) is 13.4. The molecule has 0 atom stereocenters. The summed E-state index contributed by atoms with van der Waals surface area (Å²) in [7, 11) is 0. The molecule has 1 amide bonds. The van der Waals surface area contributed by atoms with Crippen LogP contribution in [0.2, 0.25) is 0 Å². The third-order valence-electron chi connectivity index (χ3n) is 3.44. The van der Waals surface area contributed by atoms with Crippen LogP contribution in [0.15, 0.2) is 42.5 Å². The van der Waals surface area contributed by atoms with E-state index in [4.69, 9.17) is 4.74 Å². The quantitative estimate of drug-likeness (QED) is 0.679. The monoisotopic (exact) mass is 281 g/mol. The summed E-state index contributed by atoms with van der Waals surface area (Å²) in [4.78, 5) is 23.4. The van der Waals surface area contributed by atoms with Gasteiger partial charge in [0.05, 0.1) is 5.56 Å². The Morgan fingerprint density at radius 2 is 2.00 bits per heavy atom. The third-order valence-corrected chi connectivity index (χ3v) is 3.44. The highest BCUT2D eigenvalue weighted by molar-refractivity contribution is 5.94. The zero-order valence-electron chi connectivity index (χ0n) is 11.7. The van der Waals surface area contributed by atoms with Crippen molar-refractivity contribution in [3.05, 3.63) is 59.2 Å². The second-order valence-electron chi connectivity index (χ2n) is 5.13. The predicted molar refractivity (Wildman–Crippen MR) is 79.5 cm³/mol. The van der Waals surface area contributed by atoms with E-state index in [1.807, 2.05) is 25.1 Å². The summed E-state index contributed by atoms with van der Waals surface area (Å²) in [6.45, 7) is 1.93. The van der Waals surface area contributed by atoms with Gasteiger partial charge >= 0.3 is 5.97 Å². The van der Waals surface area contributed by atoms with Gasteiger partial charge < -0.3 is 10.1 Å². The summed E-state index contributed by atoms with van der Waals surface area (Å²) in [5.41, 5.74) is 3.32. The normalized spacial score (nSPS) is 13.3. The number of nitrogens with one attached hydrogen (secondary N) is 1. The Kier molecular flexibility index (Phi) is 3.44. The molecule has 106 valence electrons. The minimum atomic E-state index is -0.376. The number of aryl methyl sites for hydroxylation is 2. The SMILES string of the molecule is Cc1cccc(C(=O)Oc2ccc3c(c2)CCC(=O)N3)c1. The van der Waals surface area contributed by atoms with Crippen LogP contribution >= 0.6 is 0 Å². The van der Waals surface area contributed by atoms with E-state index in [1.54, 1.807) is 24.3 Å². The molecule has 0 bridgehead atoms. The number of amides is 1. The predicted octanol–water partition coefficient (Wildman–Crippen LogP) is 3.10. The fraction of sp³-hybridized carbons (Fsp3) is 0.176. The van der Waals surface area contributed by atoms with Gasteiger partial charge in [0.25, 0.3) is 0 Å². The number of carbonyl (C=O) groups excluding carboxylic acids is 2. The Morgan fingerprint density at radius 1 is 1.14 bits per heavy atom. The number of carbonyl (C=O) groups is 2. The van der Waals surface area contributed by atoms with Crippen molar-refractivity contribution in [2.75, 3.05) is 5.32 Å². The first-order valence-electron chi connectivity index (χ1n) is 6.83. The number of ether oxygens (including phenoxy) is 1. The summed E-state index contributed by atoms with van der Waals surface area (Å²) in [5.74, 6) is 0.141. The van der Waals surface area contributed by atoms with Crippen molar-refractivity contribution in [2.45, 2.75) is 19.8 Å². The molecule has 4 nitrogen and oxygen atoms in total. The van der Waals surface area contributed by atoms with E-state index in [-0.39, 0.29) is 11.9 Å². The Bertz CT molecular complexity index is 722. The molecular weight excluding hydrogens is 266 g/mol. The van der Waals surface area contributed by atoms with Crippen molar-refractivity contribution in [1.29, 1.82) is 0 Å². The number of hydrogen-bond acceptors (Lipinski definition) is 3. The third kappa shape index (κ3) is 2.94. The van der Waals surface area contributed by atoms with Crippen molar-refractivity contribution in [2.24, 2.45) is 0 Å². The van der Waals surface area contributed by atoms with Crippen LogP contribution in [0.4, 0.5) is 5.69 Å². The van der Waals surface area contributed by atoms with E-state index in [0.717, 1.165) is 16.8 Å². The van der Waals surface area contributed by atoms with Crippen LogP contribution in [0, 0.1) is 6.92 Å². The topological polar surface area (TPSA) is 55.4 Å². The molecule has 1 N–H and O–H groups in total. The Balaban J connectivity index is 1.79. The van der Waals surface area contributed by atoms with Crippen molar-refractivity contribution < 1.29 is 14.3 Å². The van der Waals surface area contributed by atoms with Gasteiger partial charge in [-0.05, 0) is 49.2 Å². The summed E-state index contributed by atoms with van der Waals surface area (Å²) < 4.78 is 5.40. The first-order chi connectivity index (χ1) is 10.1. The summed E-state index contributed by atoms with van der Waals surface area (Å²) in [5, 5.41) is 2.80. The summed E-state index contributed by atoms with van der Waals surface area (Å²) in [6, 6.07) is 12.5. The van der Waals surface area contributed by atoms with Crippen LogP contribution in [-0.2, 0) is 11.2 Å². The second-order valence-corrected chi connectivity index (χ2v) is 5.13. The zero-order chi connectivity index (χ0) is 14.8. The van der Waals surface area contributed by atoms with Gasteiger partial charge in [0.15, 0.2) is 0 Å². The number of fused-ring (bicyclic) bond motifs is 1. The number of hydrogen-bond donors (Lipinski definition) is 1. The maximum atomic E-state index is 12.1. The molecule has 0 aromatic heterocycles. The molecule has 2 aromatic carbocycles. The van der Waals surface area contributed by atoms with Crippen LogP contribution in [0.3, 0.4) is 0 Å². The van der Waals surface area contributed by atoms with Crippen molar-refractivity contribution in [1.82, 2.24) is 0 Å². The van der Waals surface area contributed by atoms with Crippen LogP contribution in [0.1, 0.15) is 27.9 Å². The Labute approximate surface area is 122 Å². The van der Waals surface area contributed by atoms with Crippen LogP contribution in [-0.4, -0.2) is 11.9 Å². The molecule has 0 spiro atoms.